The maximum atomic E-state index is 5.36. The van der Waals surface area contributed by atoms with Gasteiger partial charge in [-0.05, 0) is 43.0 Å². The number of ether oxygens (including phenoxy) is 1. The largest absolute Gasteiger partial charge is 0.380 e. The van der Waals surface area contributed by atoms with Gasteiger partial charge in [0, 0.05) is 39.7 Å². The molecule has 1 aliphatic rings. The second kappa shape index (κ2) is 10.9. The molecule has 7 nitrogen and oxygen atoms in total. The summed E-state index contributed by atoms with van der Waals surface area (Å²) in [5.74, 6) is 1.63. The number of allylic oxidation sites excluding steroid dienone is 2. The molecular formula is C22H30N6OS. The van der Waals surface area contributed by atoms with Crippen LogP contribution >= 0.6 is 11.3 Å². The zero-order valence-electron chi connectivity index (χ0n) is 18.1. The molecule has 0 unspecified atom stereocenters. The Labute approximate surface area is 182 Å². The summed E-state index contributed by atoms with van der Waals surface area (Å²) in [6.45, 7) is 4.28. The van der Waals surface area contributed by atoms with Crippen molar-refractivity contribution in [3.8, 4) is 11.4 Å². The minimum atomic E-state index is 0.650. The van der Waals surface area contributed by atoms with Gasteiger partial charge < -0.3 is 20.3 Å². The van der Waals surface area contributed by atoms with Crippen molar-refractivity contribution in [1.29, 1.82) is 0 Å². The number of aliphatic imine (C=N–C) groups is 1. The Kier molecular flexibility index (Phi) is 7.98. The molecule has 2 aromatic heterocycles. The molecule has 0 radical (unpaired) electrons. The van der Waals surface area contributed by atoms with E-state index < -0.39 is 0 Å². The molecule has 2 heterocycles. The molecule has 2 aromatic rings. The second-order valence-electron chi connectivity index (χ2n) is 6.97. The molecule has 3 rings (SSSR count). The fourth-order valence-electron chi connectivity index (χ4n) is 3.26. The van der Waals surface area contributed by atoms with E-state index in [9.17, 15) is 0 Å². The topological polar surface area (TPSA) is 74.7 Å². The van der Waals surface area contributed by atoms with E-state index in [4.69, 9.17) is 9.72 Å². The van der Waals surface area contributed by atoms with Gasteiger partial charge in [0.15, 0.2) is 11.1 Å². The molecule has 0 fully saturated rings. The number of thiazole rings is 1. The standard InChI is InChI=1S/C22H30N6OS/c1-5-24-21(23-2)27-22-26-19(15-30-22)18-11-8-12-20(25-18)28(3)13-16-9-6-7-10-17(16)14-29-4/h8-12,15H,5-7,13-14H2,1-4H3,(H2,23,24,26,27). The normalized spacial score (nSPS) is 14.2. The van der Waals surface area contributed by atoms with Gasteiger partial charge >= 0.3 is 0 Å². The maximum absolute atomic E-state index is 5.36. The quantitative estimate of drug-likeness (QED) is 0.492. The third-order valence-electron chi connectivity index (χ3n) is 4.75. The third-order valence-corrected chi connectivity index (χ3v) is 5.51. The number of hydrogen-bond donors (Lipinski definition) is 2. The molecule has 0 saturated heterocycles. The van der Waals surface area contributed by atoms with Crippen molar-refractivity contribution in [2.75, 3.05) is 51.1 Å². The van der Waals surface area contributed by atoms with Gasteiger partial charge in [-0.2, -0.15) is 0 Å². The molecule has 8 heteroatoms. The summed E-state index contributed by atoms with van der Waals surface area (Å²) in [5.41, 5.74) is 4.29. The van der Waals surface area contributed by atoms with Gasteiger partial charge in [0.2, 0.25) is 0 Å². The van der Waals surface area contributed by atoms with Crippen LogP contribution in [0.1, 0.15) is 19.8 Å². The van der Waals surface area contributed by atoms with E-state index in [-0.39, 0.29) is 0 Å². The van der Waals surface area contributed by atoms with E-state index in [0.717, 1.165) is 48.3 Å². The Morgan fingerprint density at radius 1 is 1.20 bits per heavy atom. The number of anilines is 2. The lowest BCUT2D eigenvalue weighted by atomic mass is 9.98. The Balaban J connectivity index is 1.72. The van der Waals surface area contributed by atoms with Crippen LogP contribution in [0.15, 0.2) is 51.9 Å². The van der Waals surface area contributed by atoms with Crippen molar-refractivity contribution in [2.24, 2.45) is 4.99 Å². The maximum Gasteiger partial charge on any atom is 0.197 e. The first kappa shape index (κ1) is 22.0. The molecule has 0 saturated carbocycles. The van der Waals surface area contributed by atoms with Crippen LogP contribution in [0.2, 0.25) is 0 Å². The second-order valence-corrected chi connectivity index (χ2v) is 7.83. The summed E-state index contributed by atoms with van der Waals surface area (Å²) < 4.78 is 5.36. The average Bonchev–Trinajstić information content (AvgIpc) is 3.23. The van der Waals surface area contributed by atoms with Gasteiger partial charge in [0.1, 0.15) is 11.5 Å². The summed E-state index contributed by atoms with van der Waals surface area (Å²) in [4.78, 5) is 15.9. The van der Waals surface area contributed by atoms with E-state index in [1.54, 1.807) is 14.2 Å². The zero-order chi connectivity index (χ0) is 21.3. The monoisotopic (exact) mass is 426 g/mol. The van der Waals surface area contributed by atoms with Crippen LogP contribution in [0.3, 0.4) is 0 Å². The van der Waals surface area contributed by atoms with Crippen molar-refractivity contribution in [3.63, 3.8) is 0 Å². The highest BCUT2D eigenvalue weighted by atomic mass is 32.1. The molecule has 160 valence electrons. The molecule has 30 heavy (non-hydrogen) atoms. The highest BCUT2D eigenvalue weighted by Gasteiger charge is 2.14. The molecule has 0 atom stereocenters. The van der Waals surface area contributed by atoms with Crippen molar-refractivity contribution in [2.45, 2.75) is 19.8 Å². The molecule has 1 aliphatic carbocycles. The minimum absolute atomic E-state index is 0.650. The van der Waals surface area contributed by atoms with Crippen LogP contribution in [0.5, 0.6) is 0 Å². The number of hydrogen-bond acceptors (Lipinski definition) is 6. The predicted octanol–water partition coefficient (Wildman–Crippen LogP) is 3.94. The van der Waals surface area contributed by atoms with Gasteiger partial charge in [-0.1, -0.05) is 18.2 Å². The van der Waals surface area contributed by atoms with Gasteiger partial charge in [0.25, 0.3) is 0 Å². The minimum Gasteiger partial charge on any atom is -0.380 e. The molecule has 0 bridgehead atoms. The van der Waals surface area contributed by atoms with Crippen molar-refractivity contribution < 1.29 is 4.74 Å². The number of nitrogens with one attached hydrogen (secondary N) is 2. The Morgan fingerprint density at radius 2 is 2.00 bits per heavy atom. The first-order chi connectivity index (χ1) is 14.6. The smallest absolute Gasteiger partial charge is 0.197 e. The van der Waals surface area contributed by atoms with E-state index in [0.29, 0.717) is 12.6 Å². The molecular weight excluding hydrogens is 396 g/mol. The van der Waals surface area contributed by atoms with Crippen LogP contribution in [0.4, 0.5) is 10.9 Å². The summed E-state index contributed by atoms with van der Waals surface area (Å²) in [6, 6.07) is 6.05. The Morgan fingerprint density at radius 3 is 2.73 bits per heavy atom. The lowest BCUT2D eigenvalue weighted by Gasteiger charge is -2.23. The molecule has 0 aliphatic heterocycles. The van der Waals surface area contributed by atoms with E-state index in [1.165, 1.54) is 22.5 Å². The van der Waals surface area contributed by atoms with Gasteiger partial charge in [-0.25, -0.2) is 9.97 Å². The zero-order valence-corrected chi connectivity index (χ0v) is 18.9. The SMILES string of the molecule is CCNC(=NC)Nc1nc(-c2cccc(N(C)CC3=CCCC=C3COC)n2)cs1. The molecule has 0 aromatic carbocycles. The van der Waals surface area contributed by atoms with Crippen LogP contribution < -0.4 is 15.5 Å². The van der Waals surface area contributed by atoms with Crippen LogP contribution in [-0.4, -0.2) is 56.8 Å². The highest BCUT2D eigenvalue weighted by molar-refractivity contribution is 7.14. The lowest BCUT2D eigenvalue weighted by Crippen LogP contribution is -2.30. The first-order valence-corrected chi connectivity index (χ1v) is 11.0. The van der Waals surface area contributed by atoms with E-state index in [1.807, 2.05) is 30.5 Å². The van der Waals surface area contributed by atoms with Gasteiger partial charge in [-0.15, -0.1) is 11.3 Å². The van der Waals surface area contributed by atoms with Crippen molar-refractivity contribution in [3.05, 3.63) is 46.9 Å². The Bertz CT molecular complexity index is 933. The number of pyridine rings is 1. The van der Waals surface area contributed by atoms with Crippen molar-refractivity contribution >= 4 is 28.2 Å². The highest BCUT2D eigenvalue weighted by Crippen LogP contribution is 2.26. The van der Waals surface area contributed by atoms with Gasteiger partial charge in [-0.3, -0.25) is 4.99 Å². The number of methoxy groups -OCH3 is 1. The lowest BCUT2D eigenvalue weighted by molar-refractivity contribution is 0.226. The Hall–Kier alpha value is -2.71. The van der Waals surface area contributed by atoms with E-state index >= 15 is 0 Å². The fraction of sp³-hybridized carbons (Fsp3) is 0.409. The van der Waals surface area contributed by atoms with Gasteiger partial charge in [0.05, 0.1) is 12.3 Å². The predicted molar refractivity (Wildman–Crippen MR) is 127 cm³/mol. The molecule has 2 N–H and O–H groups in total. The first-order valence-electron chi connectivity index (χ1n) is 10.1. The fourth-order valence-corrected chi connectivity index (χ4v) is 3.97. The van der Waals surface area contributed by atoms with Crippen LogP contribution in [0, 0.1) is 0 Å². The van der Waals surface area contributed by atoms with Crippen LogP contribution in [0.25, 0.3) is 11.4 Å². The summed E-state index contributed by atoms with van der Waals surface area (Å²) >= 11 is 1.54. The average molecular weight is 427 g/mol. The van der Waals surface area contributed by atoms with Crippen molar-refractivity contribution in [1.82, 2.24) is 15.3 Å². The number of rotatable bonds is 8. The summed E-state index contributed by atoms with van der Waals surface area (Å²) in [7, 11) is 5.56. The molecule has 0 spiro atoms. The summed E-state index contributed by atoms with van der Waals surface area (Å²) in [6.07, 6.45) is 6.75. The molecule has 0 amide bonds. The summed E-state index contributed by atoms with van der Waals surface area (Å²) in [5, 5.41) is 9.18. The third kappa shape index (κ3) is 5.67. The number of nitrogens with zero attached hydrogens (tertiary/aromatic N) is 4. The number of likely N-dealkylation sites (N-methyl/N-ethyl adjacent to an activating group) is 1. The van der Waals surface area contributed by atoms with Crippen LogP contribution in [-0.2, 0) is 4.74 Å². The number of aromatic nitrogens is 2. The number of guanidine groups is 1. The van der Waals surface area contributed by atoms with E-state index in [2.05, 4.69) is 44.7 Å².